The van der Waals surface area contributed by atoms with E-state index in [0.29, 0.717) is 6.54 Å². The van der Waals surface area contributed by atoms with E-state index in [4.69, 9.17) is 9.84 Å². The van der Waals surface area contributed by atoms with E-state index in [1.807, 2.05) is 29.0 Å². The lowest BCUT2D eigenvalue weighted by atomic mass is 10.1. The summed E-state index contributed by atoms with van der Waals surface area (Å²) >= 11 is 3.42. The van der Waals surface area contributed by atoms with Crippen LogP contribution in [0, 0.1) is 0 Å². The number of carbonyl (C=O) groups is 1. The van der Waals surface area contributed by atoms with Crippen LogP contribution in [0.4, 0.5) is 0 Å². The summed E-state index contributed by atoms with van der Waals surface area (Å²) in [5.41, 5.74) is 1.91. The van der Waals surface area contributed by atoms with Crippen molar-refractivity contribution in [1.29, 1.82) is 0 Å². The number of aliphatic hydroxyl groups excluding tert-OH is 1. The Morgan fingerprint density at radius 1 is 1.50 bits per heavy atom. The molecule has 0 saturated carbocycles. The normalized spacial score (nSPS) is 10.8. The van der Waals surface area contributed by atoms with Gasteiger partial charge in [-0.3, -0.25) is 4.79 Å². The smallest absolute Gasteiger partial charge is 0.310 e. The van der Waals surface area contributed by atoms with E-state index in [9.17, 15) is 4.79 Å². The highest BCUT2D eigenvalue weighted by molar-refractivity contribution is 9.10. The number of hydrogen-bond donors (Lipinski definition) is 1. The monoisotopic (exact) mass is 311 g/mol. The fourth-order valence-corrected chi connectivity index (χ4v) is 2.37. The lowest BCUT2D eigenvalue weighted by Gasteiger charge is -2.01. The Morgan fingerprint density at radius 3 is 2.94 bits per heavy atom. The van der Waals surface area contributed by atoms with Crippen molar-refractivity contribution in [2.75, 3.05) is 13.7 Å². The van der Waals surface area contributed by atoms with Crippen LogP contribution in [-0.4, -0.2) is 29.4 Å². The first-order chi connectivity index (χ1) is 8.65. The molecule has 0 spiro atoms. The van der Waals surface area contributed by atoms with Crippen LogP contribution in [0.3, 0.4) is 0 Å². The Balaban J connectivity index is 2.50. The van der Waals surface area contributed by atoms with E-state index in [1.165, 1.54) is 7.11 Å². The number of methoxy groups -OCH3 is 1. The molecule has 1 aromatic heterocycles. The fraction of sp³-hybridized carbons (Fsp3) is 0.308. The summed E-state index contributed by atoms with van der Waals surface area (Å²) in [4.78, 5) is 11.4. The quantitative estimate of drug-likeness (QED) is 0.880. The molecule has 1 N–H and O–H groups in total. The molecule has 1 aromatic carbocycles. The van der Waals surface area contributed by atoms with Crippen LogP contribution in [-0.2, 0) is 22.5 Å². The lowest BCUT2D eigenvalue weighted by molar-refractivity contribution is -0.139. The second kappa shape index (κ2) is 5.54. The van der Waals surface area contributed by atoms with Gasteiger partial charge in [0, 0.05) is 28.1 Å². The van der Waals surface area contributed by atoms with Gasteiger partial charge in [-0.15, -0.1) is 0 Å². The molecule has 0 aliphatic carbocycles. The van der Waals surface area contributed by atoms with Gasteiger partial charge in [-0.2, -0.15) is 0 Å². The van der Waals surface area contributed by atoms with E-state index in [-0.39, 0.29) is 19.0 Å². The topological polar surface area (TPSA) is 51.5 Å². The molecule has 0 aliphatic rings. The standard InChI is InChI=1S/C13H14BrNO3/c1-18-13(17)6-9-8-15(4-5-16)12-3-2-10(14)7-11(9)12/h2-3,7-8,16H,4-6H2,1H3. The molecule has 0 bridgehead atoms. The first-order valence-corrected chi connectivity index (χ1v) is 6.40. The van der Waals surface area contributed by atoms with Gasteiger partial charge in [0.2, 0.25) is 0 Å². The summed E-state index contributed by atoms with van der Waals surface area (Å²) < 4.78 is 7.60. The number of fused-ring (bicyclic) bond motifs is 1. The highest BCUT2D eigenvalue weighted by Crippen LogP contribution is 2.25. The number of aliphatic hydroxyl groups is 1. The highest BCUT2D eigenvalue weighted by Gasteiger charge is 2.12. The fourth-order valence-electron chi connectivity index (χ4n) is 2.00. The van der Waals surface area contributed by atoms with Crippen molar-refractivity contribution in [2.45, 2.75) is 13.0 Å². The highest BCUT2D eigenvalue weighted by atomic mass is 79.9. The first-order valence-electron chi connectivity index (χ1n) is 5.60. The van der Waals surface area contributed by atoms with E-state index in [2.05, 4.69) is 15.9 Å². The first kappa shape index (κ1) is 13.1. The number of halogens is 1. The number of rotatable bonds is 4. The summed E-state index contributed by atoms with van der Waals surface area (Å²) in [6.07, 6.45) is 2.13. The minimum atomic E-state index is -0.266. The van der Waals surface area contributed by atoms with Gasteiger partial charge in [-0.25, -0.2) is 0 Å². The van der Waals surface area contributed by atoms with Gasteiger partial charge in [0.25, 0.3) is 0 Å². The molecule has 0 atom stereocenters. The zero-order valence-electron chi connectivity index (χ0n) is 10.0. The van der Waals surface area contributed by atoms with Crippen molar-refractivity contribution in [2.24, 2.45) is 0 Å². The van der Waals surface area contributed by atoms with Crippen molar-refractivity contribution in [3.63, 3.8) is 0 Å². The van der Waals surface area contributed by atoms with Crippen LogP contribution in [0.5, 0.6) is 0 Å². The summed E-state index contributed by atoms with van der Waals surface area (Å²) in [6.45, 7) is 0.580. The SMILES string of the molecule is COC(=O)Cc1cn(CCO)c2ccc(Br)cc12. The average molecular weight is 312 g/mol. The summed E-state index contributed by atoms with van der Waals surface area (Å²) in [7, 11) is 1.38. The van der Waals surface area contributed by atoms with Crippen molar-refractivity contribution < 1.29 is 14.6 Å². The third-order valence-corrected chi connectivity index (χ3v) is 3.32. The van der Waals surface area contributed by atoms with Crippen molar-refractivity contribution in [1.82, 2.24) is 4.57 Å². The molecule has 2 aromatic rings. The Bertz CT molecular complexity index is 577. The van der Waals surface area contributed by atoms with Crippen LogP contribution in [0.2, 0.25) is 0 Å². The van der Waals surface area contributed by atoms with Gasteiger partial charge in [0.1, 0.15) is 0 Å². The Hall–Kier alpha value is -1.33. The van der Waals surface area contributed by atoms with E-state index >= 15 is 0 Å². The predicted molar refractivity (Wildman–Crippen MR) is 72.4 cm³/mol. The van der Waals surface area contributed by atoms with Gasteiger partial charge in [-0.05, 0) is 23.8 Å². The van der Waals surface area contributed by atoms with Crippen molar-refractivity contribution >= 4 is 32.8 Å². The minimum absolute atomic E-state index is 0.0670. The Kier molecular flexibility index (Phi) is 4.04. The zero-order valence-corrected chi connectivity index (χ0v) is 11.6. The molecule has 0 unspecified atom stereocenters. The molecular weight excluding hydrogens is 298 g/mol. The summed E-state index contributed by atoms with van der Waals surface area (Å²) in [5.74, 6) is -0.266. The Morgan fingerprint density at radius 2 is 2.28 bits per heavy atom. The van der Waals surface area contributed by atoms with E-state index in [1.54, 1.807) is 0 Å². The maximum Gasteiger partial charge on any atom is 0.310 e. The van der Waals surface area contributed by atoms with Crippen molar-refractivity contribution in [3.05, 3.63) is 34.4 Å². The van der Waals surface area contributed by atoms with Crippen LogP contribution < -0.4 is 0 Å². The molecule has 18 heavy (non-hydrogen) atoms. The number of carbonyl (C=O) groups excluding carboxylic acids is 1. The van der Waals surface area contributed by atoms with Crippen LogP contribution >= 0.6 is 15.9 Å². The second-order valence-electron chi connectivity index (χ2n) is 3.99. The molecular formula is C13H14BrNO3. The zero-order chi connectivity index (χ0) is 13.1. The molecule has 5 heteroatoms. The number of benzene rings is 1. The number of aromatic nitrogens is 1. The molecule has 0 amide bonds. The maximum atomic E-state index is 11.4. The van der Waals surface area contributed by atoms with E-state index in [0.717, 1.165) is 20.9 Å². The molecule has 4 nitrogen and oxygen atoms in total. The number of ether oxygens (including phenoxy) is 1. The molecule has 1 heterocycles. The largest absolute Gasteiger partial charge is 0.469 e. The third-order valence-electron chi connectivity index (χ3n) is 2.83. The predicted octanol–water partition coefficient (Wildman–Crippen LogP) is 2.11. The summed E-state index contributed by atoms with van der Waals surface area (Å²) in [6, 6.07) is 5.88. The molecule has 0 radical (unpaired) electrons. The molecule has 0 fully saturated rings. The van der Waals surface area contributed by atoms with Gasteiger partial charge < -0.3 is 14.4 Å². The van der Waals surface area contributed by atoms with Gasteiger partial charge >= 0.3 is 5.97 Å². The molecule has 0 aliphatic heterocycles. The van der Waals surface area contributed by atoms with Crippen LogP contribution in [0.25, 0.3) is 10.9 Å². The van der Waals surface area contributed by atoms with Crippen molar-refractivity contribution in [3.8, 4) is 0 Å². The number of nitrogens with zero attached hydrogens (tertiary/aromatic N) is 1. The van der Waals surface area contributed by atoms with E-state index < -0.39 is 0 Å². The van der Waals surface area contributed by atoms with Crippen LogP contribution in [0.15, 0.2) is 28.9 Å². The molecule has 2 rings (SSSR count). The minimum Gasteiger partial charge on any atom is -0.469 e. The van der Waals surface area contributed by atoms with Crippen LogP contribution in [0.1, 0.15) is 5.56 Å². The van der Waals surface area contributed by atoms with Gasteiger partial charge in [0.05, 0.1) is 20.1 Å². The Labute approximate surface area is 113 Å². The maximum absolute atomic E-state index is 11.4. The average Bonchev–Trinajstić information content (AvgIpc) is 2.67. The lowest BCUT2D eigenvalue weighted by Crippen LogP contribution is -2.04. The van der Waals surface area contributed by atoms with Gasteiger partial charge in [-0.1, -0.05) is 15.9 Å². The third kappa shape index (κ3) is 2.57. The summed E-state index contributed by atoms with van der Waals surface area (Å²) in [5, 5.41) is 10.1. The van der Waals surface area contributed by atoms with Gasteiger partial charge in [0.15, 0.2) is 0 Å². The number of esters is 1. The molecule has 0 saturated heterocycles. The number of hydrogen-bond acceptors (Lipinski definition) is 3. The molecule has 96 valence electrons. The second-order valence-corrected chi connectivity index (χ2v) is 4.90.